The average molecular weight is 298 g/mol. The highest BCUT2D eigenvalue weighted by Crippen LogP contribution is 2.34. The number of hydrogen-bond acceptors (Lipinski definition) is 3. The summed E-state index contributed by atoms with van der Waals surface area (Å²) >= 11 is 0. The summed E-state index contributed by atoms with van der Waals surface area (Å²) in [6.07, 6.45) is 10.7. The molecule has 1 rings (SSSR count). The summed E-state index contributed by atoms with van der Waals surface area (Å²) < 4.78 is 0. The molecule has 0 aliphatic heterocycles. The molecule has 0 aromatic heterocycles. The summed E-state index contributed by atoms with van der Waals surface area (Å²) in [7, 11) is 0. The highest BCUT2D eigenvalue weighted by molar-refractivity contribution is 5.56. The van der Waals surface area contributed by atoms with Crippen LogP contribution in [-0.2, 0) is 0 Å². The Labute approximate surface area is 131 Å². The summed E-state index contributed by atoms with van der Waals surface area (Å²) in [4.78, 5) is 10.4. The first-order valence-electron chi connectivity index (χ1n) is 7.06. The molecule has 0 heterocycles. The number of nitrogens with zero attached hydrogens (tertiary/aromatic N) is 1. The number of hydrogen-bond donors (Lipinski definition) is 1. The minimum Gasteiger partial charge on any atom is -0.399 e. The predicted molar refractivity (Wildman–Crippen MR) is 91.5 cm³/mol. The van der Waals surface area contributed by atoms with Crippen molar-refractivity contribution in [2.24, 2.45) is 5.73 Å². The Hall–Kier alpha value is -2.62. The highest BCUT2D eigenvalue weighted by Gasteiger charge is 2.18. The zero-order valence-corrected chi connectivity index (χ0v) is 13.0. The molecule has 4 heteroatoms. The summed E-state index contributed by atoms with van der Waals surface area (Å²) in [5.41, 5.74) is 9.69. The standard InChI is InChI=1S/C18H22N2O2/c1-5-13(2)9-10-16-7-6-8-17(15(4)14(16)3)11-18(12-19)20(21)22/h5,9-12H,1,3-4,6-8,19H2,2H3/b13-9-,16-10+,17-11-,18-12+. The second-order valence-corrected chi connectivity index (χ2v) is 5.14. The van der Waals surface area contributed by atoms with Crippen molar-refractivity contribution in [1.29, 1.82) is 0 Å². The summed E-state index contributed by atoms with van der Waals surface area (Å²) in [6, 6.07) is 0. The van der Waals surface area contributed by atoms with Crippen LogP contribution in [0.3, 0.4) is 0 Å². The van der Waals surface area contributed by atoms with Crippen molar-refractivity contribution in [2.75, 3.05) is 0 Å². The van der Waals surface area contributed by atoms with Crippen LogP contribution in [-0.4, -0.2) is 4.92 Å². The van der Waals surface area contributed by atoms with Gasteiger partial charge in [-0.3, -0.25) is 10.1 Å². The van der Waals surface area contributed by atoms with Crippen molar-refractivity contribution in [1.82, 2.24) is 0 Å². The molecule has 0 saturated heterocycles. The van der Waals surface area contributed by atoms with Crippen molar-refractivity contribution < 1.29 is 4.92 Å². The molecular formula is C18H22N2O2. The van der Waals surface area contributed by atoms with Crippen LogP contribution in [0.5, 0.6) is 0 Å². The summed E-state index contributed by atoms with van der Waals surface area (Å²) in [5.74, 6) is 0. The van der Waals surface area contributed by atoms with Gasteiger partial charge in [-0.15, -0.1) is 0 Å². The van der Waals surface area contributed by atoms with Crippen LogP contribution < -0.4 is 5.73 Å². The molecule has 0 radical (unpaired) electrons. The van der Waals surface area contributed by atoms with Crippen molar-refractivity contribution >= 4 is 0 Å². The minimum atomic E-state index is -0.499. The van der Waals surface area contributed by atoms with Gasteiger partial charge in [0.25, 0.3) is 5.70 Å². The molecule has 1 fully saturated rings. The first-order chi connectivity index (χ1) is 10.4. The molecule has 2 N–H and O–H groups in total. The van der Waals surface area contributed by atoms with E-state index < -0.39 is 4.92 Å². The van der Waals surface area contributed by atoms with Gasteiger partial charge in [-0.2, -0.15) is 0 Å². The van der Waals surface area contributed by atoms with Crippen molar-refractivity contribution in [3.05, 3.63) is 93.9 Å². The lowest BCUT2D eigenvalue weighted by Gasteiger charge is -2.10. The maximum Gasteiger partial charge on any atom is 0.284 e. The van der Waals surface area contributed by atoms with Crippen LogP contribution in [0.15, 0.2) is 83.8 Å². The topological polar surface area (TPSA) is 69.2 Å². The zero-order valence-electron chi connectivity index (χ0n) is 13.0. The molecular weight excluding hydrogens is 276 g/mol. The summed E-state index contributed by atoms with van der Waals surface area (Å²) in [6.45, 7) is 13.8. The Bertz CT molecular complexity index is 631. The van der Waals surface area contributed by atoms with E-state index in [1.54, 1.807) is 6.08 Å². The van der Waals surface area contributed by atoms with Crippen LogP contribution in [0.1, 0.15) is 26.2 Å². The van der Waals surface area contributed by atoms with E-state index in [0.29, 0.717) is 6.42 Å². The normalized spacial score (nSPS) is 21.1. The van der Waals surface area contributed by atoms with E-state index in [1.807, 2.05) is 19.1 Å². The first-order valence-corrected chi connectivity index (χ1v) is 7.06. The van der Waals surface area contributed by atoms with Gasteiger partial charge in [0.1, 0.15) is 0 Å². The molecule has 0 amide bonds. The van der Waals surface area contributed by atoms with Gasteiger partial charge in [-0.05, 0) is 48.5 Å². The second kappa shape index (κ2) is 7.98. The first kappa shape index (κ1) is 17.4. The van der Waals surface area contributed by atoms with Gasteiger partial charge >= 0.3 is 0 Å². The monoisotopic (exact) mass is 298 g/mol. The fourth-order valence-electron chi connectivity index (χ4n) is 2.14. The lowest BCUT2D eigenvalue weighted by Crippen LogP contribution is -2.01. The third-order valence-electron chi connectivity index (χ3n) is 3.60. The van der Waals surface area contributed by atoms with E-state index in [0.717, 1.165) is 46.9 Å². The van der Waals surface area contributed by atoms with E-state index in [1.165, 1.54) is 6.08 Å². The number of nitrogens with two attached hydrogens (primary N) is 1. The van der Waals surface area contributed by atoms with Gasteiger partial charge < -0.3 is 5.73 Å². The Kier molecular flexibility index (Phi) is 6.32. The Morgan fingerprint density at radius 3 is 2.41 bits per heavy atom. The molecule has 0 aromatic rings. The Balaban J connectivity index is 3.12. The molecule has 0 bridgehead atoms. The van der Waals surface area contributed by atoms with Gasteiger partial charge in [0.2, 0.25) is 0 Å². The third kappa shape index (κ3) is 4.45. The van der Waals surface area contributed by atoms with E-state index in [2.05, 4.69) is 19.7 Å². The van der Waals surface area contributed by atoms with E-state index in [9.17, 15) is 10.1 Å². The fourth-order valence-corrected chi connectivity index (χ4v) is 2.14. The molecule has 0 aromatic carbocycles. The molecule has 22 heavy (non-hydrogen) atoms. The molecule has 116 valence electrons. The fraction of sp³-hybridized carbons (Fsp3) is 0.222. The minimum absolute atomic E-state index is 0.126. The van der Waals surface area contributed by atoms with E-state index in [-0.39, 0.29) is 5.70 Å². The second-order valence-electron chi connectivity index (χ2n) is 5.14. The molecule has 0 atom stereocenters. The number of nitro groups is 1. The van der Waals surface area contributed by atoms with Crippen molar-refractivity contribution in [3.8, 4) is 0 Å². The largest absolute Gasteiger partial charge is 0.399 e. The van der Waals surface area contributed by atoms with Crippen LogP contribution >= 0.6 is 0 Å². The van der Waals surface area contributed by atoms with Gasteiger partial charge in [0.15, 0.2) is 0 Å². The third-order valence-corrected chi connectivity index (χ3v) is 3.60. The van der Waals surface area contributed by atoms with Crippen LogP contribution in [0.4, 0.5) is 0 Å². The SMILES string of the molecule is C=C/C(C)=C\C=C1/CCC/C(=C/C(=C\N)[N+](=O)[O-])C(=C)C1=C. The molecule has 1 aliphatic carbocycles. The predicted octanol–water partition coefficient (Wildman–Crippen LogP) is 4.34. The van der Waals surface area contributed by atoms with Gasteiger partial charge in [0.05, 0.1) is 11.1 Å². The van der Waals surface area contributed by atoms with E-state index in [4.69, 9.17) is 5.73 Å². The Morgan fingerprint density at radius 2 is 1.86 bits per heavy atom. The van der Waals surface area contributed by atoms with Crippen LogP contribution in [0.2, 0.25) is 0 Å². The molecule has 1 saturated carbocycles. The lowest BCUT2D eigenvalue weighted by atomic mass is 9.95. The van der Waals surface area contributed by atoms with Crippen molar-refractivity contribution in [2.45, 2.75) is 26.2 Å². The quantitative estimate of drug-likeness (QED) is 0.363. The maximum absolute atomic E-state index is 10.9. The van der Waals surface area contributed by atoms with E-state index >= 15 is 0 Å². The maximum atomic E-state index is 10.9. The molecule has 4 nitrogen and oxygen atoms in total. The molecule has 0 unspecified atom stereocenters. The average Bonchev–Trinajstić information content (AvgIpc) is 2.63. The highest BCUT2D eigenvalue weighted by atomic mass is 16.6. The zero-order chi connectivity index (χ0) is 16.7. The van der Waals surface area contributed by atoms with Crippen LogP contribution in [0.25, 0.3) is 0 Å². The number of rotatable bonds is 4. The summed E-state index contributed by atoms with van der Waals surface area (Å²) in [5, 5.41) is 10.9. The van der Waals surface area contributed by atoms with Crippen molar-refractivity contribution in [3.63, 3.8) is 0 Å². The number of allylic oxidation sites excluding steroid dienone is 9. The smallest absolute Gasteiger partial charge is 0.284 e. The van der Waals surface area contributed by atoms with Gasteiger partial charge in [-0.25, -0.2) is 0 Å². The van der Waals surface area contributed by atoms with Gasteiger partial charge in [-0.1, -0.05) is 43.5 Å². The molecule has 0 spiro atoms. The molecule has 1 aliphatic rings. The van der Waals surface area contributed by atoms with Gasteiger partial charge in [0, 0.05) is 6.08 Å². The lowest BCUT2D eigenvalue weighted by molar-refractivity contribution is -0.419. The Morgan fingerprint density at radius 1 is 1.27 bits per heavy atom. The van der Waals surface area contributed by atoms with Crippen LogP contribution in [0, 0.1) is 10.1 Å².